The fraction of sp³-hybridized carbons (Fsp3) is 0.417. The van der Waals surface area contributed by atoms with Crippen LogP contribution in [0.25, 0.3) is 0 Å². The van der Waals surface area contributed by atoms with Gasteiger partial charge in [-0.3, -0.25) is 4.79 Å². The molecule has 3 atom stereocenters. The highest BCUT2D eigenvalue weighted by atomic mass is 16.7. The summed E-state index contributed by atoms with van der Waals surface area (Å²) in [5.74, 6) is 0.0261. The Morgan fingerprint density at radius 2 is 2.19 bits per heavy atom. The lowest BCUT2D eigenvalue weighted by Crippen LogP contribution is -2.32. The molecule has 0 spiro atoms. The summed E-state index contributed by atoms with van der Waals surface area (Å²) < 4.78 is 0. The van der Waals surface area contributed by atoms with Crippen LogP contribution in [0.5, 0.6) is 0 Å². The molecule has 3 unspecified atom stereocenters. The van der Waals surface area contributed by atoms with Gasteiger partial charge in [-0.25, -0.2) is 0 Å². The molecule has 86 valence electrons. The Bertz CT molecular complexity index is 367. The van der Waals surface area contributed by atoms with E-state index in [1.165, 1.54) is 0 Å². The average molecular weight is 220 g/mol. The molecule has 0 radical (unpaired) electrons. The molecule has 2 rings (SSSR count). The predicted octanol–water partition coefficient (Wildman–Crippen LogP) is 1.11. The van der Waals surface area contributed by atoms with Gasteiger partial charge in [0.25, 0.3) is 0 Å². The molecule has 1 N–H and O–H groups in total. The van der Waals surface area contributed by atoms with Crippen molar-refractivity contribution in [3.05, 3.63) is 35.9 Å². The molecule has 0 bridgehead atoms. The second-order valence-electron chi connectivity index (χ2n) is 3.94. The second kappa shape index (κ2) is 4.63. The van der Waals surface area contributed by atoms with E-state index in [9.17, 15) is 4.79 Å². The quantitative estimate of drug-likeness (QED) is 0.773. The normalized spacial score (nSPS) is 24.9. The number of hydroxylamine groups is 2. The van der Waals surface area contributed by atoms with Crippen LogP contribution in [0.4, 0.5) is 0 Å². The van der Waals surface area contributed by atoms with E-state index in [-0.39, 0.29) is 18.0 Å². The van der Waals surface area contributed by atoms with Gasteiger partial charge in [-0.2, -0.15) is 5.06 Å². The molecule has 1 aromatic rings. The number of rotatable bonds is 4. The highest BCUT2D eigenvalue weighted by molar-refractivity contribution is 5.84. The summed E-state index contributed by atoms with van der Waals surface area (Å²) in [5, 5.41) is 4.61. The first-order valence-corrected chi connectivity index (χ1v) is 5.38. The Morgan fingerprint density at radius 3 is 2.75 bits per heavy atom. The topological polar surface area (TPSA) is 41.3 Å². The SMILES string of the molecule is CON1CC1C(=O)NC(C)c1ccccc1. The highest BCUT2D eigenvalue weighted by Crippen LogP contribution is 2.18. The molecule has 4 heteroatoms. The lowest BCUT2D eigenvalue weighted by Gasteiger charge is -2.13. The second-order valence-corrected chi connectivity index (χ2v) is 3.94. The first-order chi connectivity index (χ1) is 7.72. The van der Waals surface area contributed by atoms with Crippen LogP contribution in [0.3, 0.4) is 0 Å². The number of carbonyl (C=O) groups is 1. The zero-order valence-electron chi connectivity index (χ0n) is 9.51. The van der Waals surface area contributed by atoms with Gasteiger partial charge in [0.2, 0.25) is 5.91 Å². The van der Waals surface area contributed by atoms with Crippen LogP contribution in [-0.2, 0) is 9.63 Å². The first kappa shape index (κ1) is 11.1. The Labute approximate surface area is 95.2 Å². The van der Waals surface area contributed by atoms with E-state index < -0.39 is 0 Å². The average Bonchev–Trinajstić information content (AvgIpc) is 3.09. The molecule has 4 nitrogen and oxygen atoms in total. The van der Waals surface area contributed by atoms with Crippen LogP contribution in [0, 0.1) is 0 Å². The molecule has 16 heavy (non-hydrogen) atoms. The van der Waals surface area contributed by atoms with Crippen LogP contribution < -0.4 is 5.32 Å². The van der Waals surface area contributed by atoms with E-state index in [2.05, 4.69) is 5.32 Å². The third-order valence-corrected chi connectivity index (χ3v) is 2.76. The number of nitrogens with zero attached hydrogens (tertiary/aromatic N) is 1. The first-order valence-electron chi connectivity index (χ1n) is 5.38. The monoisotopic (exact) mass is 220 g/mol. The molecule has 1 amide bonds. The van der Waals surface area contributed by atoms with Gasteiger partial charge in [-0.1, -0.05) is 30.3 Å². The zero-order valence-corrected chi connectivity index (χ0v) is 9.51. The van der Waals surface area contributed by atoms with Gasteiger partial charge in [0.1, 0.15) is 6.04 Å². The lowest BCUT2D eigenvalue weighted by atomic mass is 10.1. The molecular weight excluding hydrogens is 204 g/mol. The summed E-state index contributed by atoms with van der Waals surface area (Å²) in [7, 11) is 1.58. The van der Waals surface area contributed by atoms with Gasteiger partial charge in [-0.15, -0.1) is 0 Å². The highest BCUT2D eigenvalue weighted by Gasteiger charge is 2.41. The van der Waals surface area contributed by atoms with E-state index >= 15 is 0 Å². The minimum Gasteiger partial charge on any atom is -0.348 e. The van der Waals surface area contributed by atoms with Gasteiger partial charge in [0, 0.05) is 0 Å². The molecule has 0 saturated carbocycles. The smallest absolute Gasteiger partial charge is 0.241 e. The minimum atomic E-state index is -0.115. The summed E-state index contributed by atoms with van der Waals surface area (Å²) >= 11 is 0. The van der Waals surface area contributed by atoms with Crippen molar-refractivity contribution in [1.82, 2.24) is 10.4 Å². The van der Waals surface area contributed by atoms with E-state index in [1.807, 2.05) is 37.3 Å². The van der Waals surface area contributed by atoms with Crippen LogP contribution in [0.15, 0.2) is 30.3 Å². The van der Waals surface area contributed by atoms with Crippen molar-refractivity contribution >= 4 is 5.91 Å². The minimum absolute atomic E-state index is 0.0261. The van der Waals surface area contributed by atoms with Crippen molar-refractivity contribution in [2.75, 3.05) is 13.7 Å². The van der Waals surface area contributed by atoms with Crippen molar-refractivity contribution < 1.29 is 9.63 Å². The Morgan fingerprint density at radius 1 is 1.50 bits per heavy atom. The van der Waals surface area contributed by atoms with Gasteiger partial charge in [-0.05, 0) is 12.5 Å². The maximum atomic E-state index is 11.7. The predicted molar refractivity (Wildman–Crippen MR) is 60.5 cm³/mol. The number of benzene rings is 1. The molecular formula is C12H16N2O2. The maximum Gasteiger partial charge on any atom is 0.241 e. The van der Waals surface area contributed by atoms with Gasteiger partial charge in [0.15, 0.2) is 0 Å². The molecule has 1 fully saturated rings. The summed E-state index contributed by atoms with van der Waals surface area (Å²) in [6.07, 6.45) is 0. The van der Waals surface area contributed by atoms with E-state index in [0.717, 1.165) is 5.56 Å². The molecule has 1 aromatic carbocycles. The van der Waals surface area contributed by atoms with E-state index in [4.69, 9.17) is 4.84 Å². The molecule has 1 heterocycles. The van der Waals surface area contributed by atoms with E-state index in [0.29, 0.717) is 6.54 Å². The van der Waals surface area contributed by atoms with Gasteiger partial charge in [0.05, 0.1) is 19.7 Å². The fourth-order valence-electron chi connectivity index (χ4n) is 1.67. The number of amides is 1. The summed E-state index contributed by atoms with van der Waals surface area (Å²) in [6.45, 7) is 2.66. The Balaban J connectivity index is 1.88. The van der Waals surface area contributed by atoms with Crippen molar-refractivity contribution in [2.24, 2.45) is 0 Å². The van der Waals surface area contributed by atoms with Gasteiger partial charge < -0.3 is 10.2 Å². The fourth-order valence-corrected chi connectivity index (χ4v) is 1.67. The van der Waals surface area contributed by atoms with Crippen molar-refractivity contribution in [2.45, 2.75) is 19.0 Å². The number of hydrogen-bond acceptors (Lipinski definition) is 3. The third-order valence-electron chi connectivity index (χ3n) is 2.76. The maximum absolute atomic E-state index is 11.7. The Kier molecular flexibility index (Phi) is 3.22. The summed E-state index contributed by atoms with van der Waals surface area (Å²) in [5.41, 5.74) is 1.11. The number of nitrogens with one attached hydrogen (secondary N) is 1. The summed E-state index contributed by atoms with van der Waals surface area (Å²) in [4.78, 5) is 16.7. The largest absolute Gasteiger partial charge is 0.348 e. The lowest BCUT2D eigenvalue weighted by molar-refractivity contribution is -0.126. The van der Waals surface area contributed by atoms with Crippen LogP contribution in [0.1, 0.15) is 18.5 Å². The van der Waals surface area contributed by atoms with Crippen LogP contribution in [-0.4, -0.2) is 30.7 Å². The van der Waals surface area contributed by atoms with Crippen LogP contribution in [0.2, 0.25) is 0 Å². The van der Waals surface area contributed by atoms with E-state index in [1.54, 1.807) is 12.2 Å². The molecule has 1 saturated heterocycles. The van der Waals surface area contributed by atoms with Crippen molar-refractivity contribution in [3.8, 4) is 0 Å². The van der Waals surface area contributed by atoms with Crippen LogP contribution >= 0.6 is 0 Å². The Hall–Kier alpha value is -1.39. The van der Waals surface area contributed by atoms with Crippen molar-refractivity contribution in [3.63, 3.8) is 0 Å². The third kappa shape index (κ3) is 2.40. The zero-order chi connectivity index (χ0) is 11.5. The van der Waals surface area contributed by atoms with Gasteiger partial charge >= 0.3 is 0 Å². The van der Waals surface area contributed by atoms with Crippen molar-refractivity contribution in [1.29, 1.82) is 0 Å². The molecule has 1 aliphatic heterocycles. The summed E-state index contributed by atoms with van der Waals surface area (Å²) in [6, 6.07) is 9.83. The standard InChI is InChI=1S/C12H16N2O2/c1-9(10-6-4-3-5-7-10)13-12(15)11-8-14(11)16-2/h3-7,9,11H,8H2,1-2H3,(H,13,15). The number of carbonyl (C=O) groups excluding carboxylic acids is 1. The molecule has 0 aromatic heterocycles. The number of hydrogen-bond donors (Lipinski definition) is 1. The molecule has 1 aliphatic rings. The molecule has 0 aliphatic carbocycles.